The largest absolute Gasteiger partial charge is 0.338 e. The van der Waals surface area contributed by atoms with E-state index in [-0.39, 0.29) is 23.5 Å². The van der Waals surface area contributed by atoms with Gasteiger partial charge in [0.05, 0.1) is 11.5 Å². The van der Waals surface area contributed by atoms with Crippen molar-refractivity contribution in [2.45, 2.75) is 6.42 Å². The smallest absolute Gasteiger partial charge is 0.315 e. The van der Waals surface area contributed by atoms with E-state index >= 15 is 0 Å². The summed E-state index contributed by atoms with van der Waals surface area (Å²) < 4.78 is 22.6. The summed E-state index contributed by atoms with van der Waals surface area (Å²) in [6.45, 7) is 0.844. The average molecular weight is 308 g/mol. The Balaban J connectivity index is 1.63. The molecule has 0 bridgehead atoms. The number of hydrogen-bond donors (Lipinski definition) is 2. The van der Waals surface area contributed by atoms with Gasteiger partial charge in [-0.2, -0.15) is 0 Å². The molecule has 2 amide bonds. The molecule has 114 valence electrons. The monoisotopic (exact) mass is 308 g/mol. The number of hydrogen-bond acceptors (Lipinski definition) is 3. The van der Waals surface area contributed by atoms with Gasteiger partial charge >= 0.3 is 6.03 Å². The molecule has 0 aromatic heterocycles. The van der Waals surface area contributed by atoms with Gasteiger partial charge in [0.15, 0.2) is 9.84 Å². The van der Waals surface area contributed by atoms with Gasteiger partial charge in [-0.05, 0) is 17.9 Å². The van der Waals surface area contributed by atoms with Gasteiger partial charge in [-0.15, -0.1) is 0 Å². The summed E-state index contributed by atoms with van der Waals surface area (Å²) in [7, 11) is -2.88. The lowest BCUT2D eigenvalue weighted by Gasteiger charge is -2.09. The van der Waals surface area contributed by atoms with Crippen molar-refractivity contribution in [1.29, 1.82) is 0 Å². The second-order valence-corrected chi connectivity index (χ2v) is 7.40. The van der Waals surface area contributed by atoms with Gasteiger partial charge in [-0.3, -0.25) is 0 Å². The standard InChI is InChI=1S/C15H20N2O3S/c18-15(17-11-14-8-10-21(19,20)12-14)16-9-4-7-13-5-2-1-3-6-13/h1-7,14H,8-12H2,(H2,16,17,18)/b7-4-/t14-/m0/s1. The zero-order valence-corrected chi connectivity index (χ0v) is 12.6. The fourth-order valence-corrected chi connectivity index (χ4v) is 4.11. The van der Waals surface area contributed by atoms with E-state index in [1.807, 2.05) is 42.5 Å². The lowest BCUT2D eigenvalue weighted by Crippen LogP contribution is -2.38. The molecule has 2 rings (SSSR count). The number of benzene rings is 1. The zero-order chi connectivity index (χ0) is 15.1. The molecule has 1 heterocycles. The highest BCUT2D eigenvalue weighted by Gasteiger charge is 2.27. The molecule has 2 N–H and O–H groups in total. The summed E-state index contributed by atoms with van der Waals surface area (Å²) in [6, 6.07) is 9.56. The first-order chi connectivity index (χ1) is 10.1. The summed E-state index contributed by atoms with van der Waals surface area (Å²) in [5.74, 6) is 0.461. The van der Waals surface area contributed by atoms with E-state index in [4.69, 9.17) is 0 Å². The zero-order valence-electron chi connectivity index (χ0n) is 11.8. The van der Waals surface area contributed by atoms with E-state index < -0.39 is 9.84 Å². The van der Waals surface area contributed by atoms with Gasteiger partial charge < -0.3 is 10.6 Å². The molecule has 0 spiro atoms. The molecule has 1 aliphatic heterocycles. The SMILES string of the molecule is O=C(NC/C=C\c1ccccc1)NC[C@@H]1CCS(=O)(=O)C1. The highest BCUT2D eigenvalue weighted by molar-refractivity contribution is 7.91. The fraction of sp³-hybridized carbons (Fsp3) is 0.400. The Hall–Kier alpha value is -1.82. The second-order valence-electron chi connectivity index (χ2n) is 5.17. The molecular formula is C15H20N2O3S. The molecule has 1 aromatic rings. The Kier molecular flexibility index (Phi) is 5.38. The van der Waals surface area contributed by atoms with Crippen molar-refractivity contribution in [3.63, 3.8) is 0 Å². The van der Waals surface area contributed by atoms with Gasteiger partial charge in [-0.25, -0.2) is 13.2 Å². The highest BCUT2D eigenvalue weighted by atomic mass is 32.2. The van der Waals surface area contributed by atoms with E-state index in [2.05, 4.69) is 10.6 Å². The van der Waals surface area contributed by atoms with Crippen LogP contribution in [0.2, 0.25) is 0 Å². The van der Waals surface area contributed by atoms with Crippen molar-refractivity contribution < 1.29 is 13.2 Å². The Labute approximate surface area is 125 Å². The third-order valence-corrected chi connectivity index (χ3v) is 5.21. The second kappa shape index (κ2) is 7.26. The van der Waals surface area contributed by atoms with E-state index in [0.717, 1.165) is 5.56 Å². The van der Waals surface area contributed by atoms with Crippen molar-refractivity contribution in [3.05, 3.63) is 42.0 Å². The van der Waals surface area contributed by atoms with Crippen LogP contribution in [0, 0.1) is 5.92 Å². The average Bonchev–Trinajstić information content (AvgIpc) is 2.82. The lowest BCUT2D eigenvalue weighted by atomic mass is 10.1. The number of rotatable bonds is 5. The first-order valence-electron chi connectivity index (χ1n) is 6.99. The maximum Gasteiger partial charge on any atom is 0.315 e. The molecule has 1 fully saturated rings. The number of nitrogens with one attached hydrogen (secondary N) is 2. The van der Waals surface area contributed by atoms with Gasteiger partial charge in [0, 0.05) is 13.1 Å². The van der Waals surface area contributed by atoms with Crippen LogP contribution in [0.5, 0.6) is 0 Å². The summed E-state index contributed by atoms with van der Waals surface area (Å²) in [5.41, 5.74) is 1.08. The van der Waals surface area contributed by atoms with Crippen molar-refractivity contribution in [3.8, 4) is 0 Å². The molecule has 21 heavy (non-hydrogen) atoms. The maximum atomic E-state index is 11.6. The fourth-order valence-electron chi connectivity index (χ4n) is 2.24. The number of sulfone groups is 1. The number of urea groups is 1. The molecule has 1 atom stereocenters. The Morgan fingerprint density at radius 1 is 1.24 bits per heavy atom. The molecule has 6 heteroatoms. The number of amides is 2. The predicted octanol–water partition coefficient (Wildman–Crippen LogP) is 1.43. The van der Waals surface area contributed by atoms with Gasteiger partial charge in [0.2, 0.25) is 0 Å². The van der Waals surface area contributed by atoms with Gasteiger partial charge in [0.25, 0.3) is 0 Å². The molecule has 1 saturated heterocycles. The normalized spacial score (nSPS) is 20.5. The summed E-state index contributed by atoms with van der Waals surface area (Å²) >= 11 is 0. The van der Waals surface area contributed by atoms with Crippen LogP contribution in [0.25, 0.3) is 6.08 Å². The van der Waals surface area contributed by atoms with Crippen LogP contribution >= 0.6 is 0 Å². The number of carbonyl (C=O) groups excluding carboxylic acids is 1. The lowest BCUT2D eigenvalue weighted by molar-refractivity contribution is 0.240. The van der Waals surface area contributed by atoms with Crippen molar-refractivity contribution in [1.82, 2.24) is 10.6 Å². The molecule has 1 aliphatic rings. The van der Waals surface area contributed by atoms with Crippen LogP contribution in [0.1, 0.15) is 12.0 Å². The van der Waals surface area contributed by atoms with Crippen LogP contribution in [0.15, 0.2) is 36.4 Å². The van der Waals surface area contributed by atoms with Crippen LogP contribution in [0.4, 0.5) is 4.79 Å². The minimum Gasteiger partial charge on any atom is -0.338 e. The topological polar surface area (TPSA) is 75.3 Å². The maximum absolute atomic E-state index is 11.6. The van der Waals surface area contributed by atoms with E-state index in [1.165, 1.54) is 0 Å². The van der Waals surface area contributed by atoms with E-state index in [9.17, 15) is 13.2 Å². The Morgan fingerprint density at radius 3 is 2.67 bits per heavy atom. The quantitative estimate of drug-likeness (QED) is 0.864. The van der Waals surface area contributed by atoms with Crippen molar-refractivity contribution >= 4 is 21.9 Å². The molecule has 0 radical (unpaired) electrons. The molecule has 0 unspecified atom stereocenters. The minimum absolute atomic E-state index is 0.0422. The summed E-state index contributed by atoms with van der Waals surface area (Å²) in [4.78, 5) is 11.6. The third-order valence-electron chi connectivity index (χ3n) is 3.37. The van der Waals surface area contributed by atoms with Crippen LogP contribution in [0.3, 0.4) is 0 Å². The Bertz CT molecular complexity index is 597. The van der Waals surface area contributed by atoms with Crippen LogP contribution in [-0.4, -0.2) is 39.0 Å². The third kappa shape index (κ3) is 5.59. The predicted molar refractivity (Wildman–Crippen MR) is 83.6 cm³/mol. The van der Waals surface area contributed by atoms with Crippen molar-refractivity contribution in [2.24, 2.45) is 5.92 Å². The first-order valence-corrected chi connectivity index (χ1v) is 8.81. The van der Waals surface area contributed by atoms with Gasteiger partial charge in [-0.1, -0.05) is 42.5 Å². The minimum atomic E-state index is -2.88. The summed E-state index contributed by atoms with van der Waals surface area (Å²) in [5, 5.41) is 5.42. The van der Waals surface area contributed by atoms with E-state index in [0.29, 0.717) is 19.5 Å². The van der Waals surface area contributed by atoms with Crippen LogP contribution < -0.4 is 10.6 Å². The molecule has 0 aliphatic carbocycles. The van der Waals surface area contributed by atoms with E-state index in [1.54, 1.807) is 0 Å². The number of carbonyl (C=O) groups is 1. The highest BCUT2D eigenvalue weighted by Crippen LogP contribution is 2.17. The van der Waals surface area contributed by atoms with Crippen molar-refractivity contribution in [2.75, 3.05) is 24.6 Å². The first kappa shape index (κ1) is 15.6. The van der Waals surface area contributed by atoms with Gasteiger partial charge in [0.1, 0.15) is 0 Å². The molecule has 1 aromatic carbocycles. The Morgan fingerprint density at radius 2 is 2.00 bits per heavy atom. The molecule has 0 saturated carbocycles. The molecular weight excluding hydrogens is 288 g/mol. The molecule has 5 nitrogen and oxygen atoms in total. The summed E-state index contributed by atoms with van der Waals surface area (Å²) in [6.07, 6.45) is 4.44. The van der Waals surface area contributed by atoms with Crippen LogP contribution in [-0.2, 0) is 9.84 Å².